The van der Waals surface area contributed by atoms with Crippen LogP contribution in [0.25, 0.3) is 5.69 Å². The summed E-state index contributed by atoms with van der Waals surface area (Å²) in [6.07, 6.45) is 4.56. The normalized spacial score (nSPS) is 15.2. The minimum atomic E-state index is -0.878. The molecule has 25 heteroatoms. The SMILES string of the molecule is CC1CC(=O)N(CCOCCOCCOCCC(=O)N[C@H](C(=O)C[C@@H](CCCNC(N)=O)C(=O)Nc2ccc(COC(=O)N3CCC(CNC(=O)c4cccc(-n5cc(NC(=O)Nc6ccccc6Cl)cn5)c4)CC3)cc2)C(C)C)C1=O. The third-order valence-corrected chi connectivity index (χ3v) is 14.0. The number of carbonyl (C=O) groups excluding carboxylic acids is 9. The van der Waals surface area contributed by atoms with E-state index in [0.29, 0.717) is 77.8 Å². The Morgan fingerprint density at radius 2 is 1.52 bits per heavy atom. The molecule has 2 saturated heterocycles. The van der Waals surface area contributed by atoms with Gasteiger partial charge >= 0.3 is 18.2 Å². The van der Waals surface area contributed by atoms with Crippen molar-refractivity contribution in [3.05, 3.63) is 101 Å². The molecule has 82 heavy (non-hydrogen) atoms. The lowest BCUT2D eigenvalue weighted by atomic mass is 9.89. The summed E-state index contributed by atoms with van der Waals surface area (Å²) in [6.45, 7) is 8.31. The van der Waals surface area contributed by atoms with Gasteiger partial charge in [0.25, 0.3) is 5.91 Å². The van der Waals surface area contributed by atoms with Crippen molar-refractivity contribution >= 4 is 82.1 Å². The molecule has 4 aromatic rings. The number of nitrogens with zero attached hydrogens (tertiary/aromatic N) is 4. The summed E-state index contributed by atoms with van der Waals surface area (Å²) in [7, 11) is 0. The second kappa shape index (κ2) is 32.5. The second-order valence-corrected chi connectivity index (χ2v) is 20.7. The molecule has 3 heterocycles. The number of imide groups is 1. The number of nitrogens with one attached hydrogen (secondary N) is 6. The second-order valence-electron chi connectivity index (χ2n) is 20.3. The number of aromatic nitrogens is 2. The lowest BCUT2D eigenvalue weighted by molar-refractivity contribution is -0.140. The topological polar surface area (TPSA) is 313 Å². The molecule has 0 saturated carbocycles. The first-order chi connectivity index (χ1) is 39.4. The summed E-state index contributed by atoms with van der Waals surface area (Å²) < 4.78 is 23.7. The van der Waals surface area contributed by atoms with Crippen LogP contribution in [-0.4, -0.2) is 151 Å². The van der Waals surface area contributed by atoms with Gasteiger partial charge < -0.3 is 61.5 Å². The van der Waals surface area contributed by atoms with Crippen molar-refractivity contribution in [3.63, 3.8) is 0 Å². The Bertz CT molecular complexity index is 2820. The Kier molecular flexibility index (Phi) is 25.1. The summed E-state index contributed by atoms with van der Waals surface area (Å²) >= 11 is 6.14. The van der Waals surface area contributed by atoms with Crippen LogP contribution in [0.5, 0.6) is 0 Å². The molecule has 24 nitrogen and oxygen atoms in total. The van der Waals surface area contributed by atoms with Crippen molar-refractivity contribution in [2.24, 2.45) is 29.4 Å². The number of para-hydroxylation sites is 1. The predicted molar refractivity (Wildman–Crippen MR) is 304 cm³/mol. The highest BCUT2D eigenvalue weighted by molar-refractivity contribution is 6.33. The molecule has 8 N–H and O–H groups in total. The van der Waals surface area contributed by atoms with Gasteiger partial charge in [0.2, 0.25) is 23.6 Å². The van der Waals surface area contributed by atoms with Gasteiger partial charge in [0.05, 0.1) is 86.7 Å². The maximum absolute atomic E-state index is 13.7. The Morgan fingerprint density at radius 1 is 0.817 bits per heavy atom. The lowest BCUT2D eigenvalue weighted by Crippen LogP contribution is -2.45. The molecular formula is C57H74ClN11O13. The number of hydrogen-bond acceptors (Lipinski definition) is 14. The number of piperidine rings is 1. The molecule has 10 amide bonds. The summed E-state index contributed by atoms with van der Waals surface area (Å²) in [6, 6.07) is 18.5. The number of ketones is 1. The molecule has 2 aliphatic heterocycles. The molecule has 2 aliphatic rings. The van der Waals surface area contributed by atoms with Crippen LogP contribution in [0.2, 0.25) is 5.02 Å². The molecule has 3 aromatic carbocycles. The number of nitrogens with two attached hydrogens (primary N) is 1. The number of urea groups is 2. The first kappa shape index (κ1) is 63.3. The van der Waals surface area contributed by atoms with Crippen LogP contribution in [0, 0.1) is 23.7 Å². The summed E-state index contributed by atoms with van der Waals surface area (Å²) in [5.74, 6) is -3.07. The predicted octanol–water partition coefficient (Wildman–Crippen LogP) is 5.89. The molecule has 1 unspecified atom stereocenters. The van der Waals surface area contributed by atoms with E-state index < -0.39 is 41.9 Å². The molecule has 0 bridgehead atoms. The van der Waals surface area contributed by atoms with E-state index in [1.54, 1.807) is 109 Å². The number of Topliss-reactive ketones (excluding diaryl/α,β-unsaturated/α-hetero) is 1. The average molecular weight is 1160 g/mol. The fourth-order valence-electron chi connectivity index (χ4n) is 9.06. The number of primary amides is 1. The minimum absolute atomic E-state index is 0.0146. The van der Waals surface area contributed by atoms with Crippen molar-refractivity contribution in [2.45, 2.75) is 78.4 Å². The van der Waals surface area contributed by atoms with Gasteiger partial charge in [-0.25, -0.2) is 19.1 Å². The number of halogens is 1. The number of anilines is 3. The zero-order valence-corrected chi connectivity index (χ0v) is 47.2. The summed E-state index contributed by atoms with van der Waals surface area (Å²) in [5, 5.41) is 21.3. The highest BCUT2D eigenvalue weighted by Gasteiger charge is 2.35. The maximum atomic E-state index is 13.7. The van der Waals surface area contributed by atoms with Crippen LogP contribution < -0.4 is 37.6 Å². The quantitative estimate of drug-likeness (QED) is 0.0229. The van der Waals surface area contributed by atoms with Crippen molar-refractivity contribution in [2.75, 3.05) is 88.3 Å². The van der Waals surface area contributed by atoms with E-state index in [4.69, 9.17) is 36.3 Å². The smallest absolute Gasteiger partial charge is 0.410 e. The zero-order valence-electron chi connectivity index (χ0n) is 46.5. The fraction of sp³-hybridized carbons (Fsp3) is 0.474. The molecule has 442 valence electrons. The van der Waals surface area contributed by atoms with E-state index in [1.807, 2.05) is 0 Å². The number of hydrogen-bond donors (Lipinski definition) is 7. The Labute approximate surface area is 481 Å². The number of rotatable bonds is 31. The maximum Gasteiger partial charge on any atom is 0.410 e. The number of carbonyl (C=O) groups is 9. The van der Waals surface area contributed by atoms with Gasteiger partial charge in [-0.3, -0.25) is 33.7 Å². The van der Waals surface area contributed by atoms with Crippen molar-refractivity contribution in [1.29, 1.82) is 0 Å². The minimum Gasteiger partial charge on any atom is -0.445 e. The Morgan fingerprint density at radius 3 is 2.21 bits per heavy atom. The van der Waals surface area contributed by atoms with Gasteiger partial charge in [0.1, 0.15) is 6.61 Å². The van der Waals surface area contributed by atoms with Crippen LogP contribution in [0.15, 0.2) is 85.2 Å². The van der Waals surface area contributed by atoms with Crippen LogP contribution in [-0.2, 0) is 49.5 Å². The van der Waals surface area contributed by atoms with E-state index in [0.717, 1.165) is 0 Å². The Hall–Kier alpha value is -7.93. The van der Waals surface area contributed by atoms with Gasteiger partial charge in [-0.2, -0.15) is 5.10 Å². The molecule has 3 atom stereocenters. The summed E-state index contributed by atoms with van der Waals surface area (Å²) in [4.78, 5) is 117. The third kappa shape index (κ3) is 20.6. The molecule has 1 aromatic heterocycles. The molecular weight excluding hydrogens is 1080 g/mol. The largest absolute Gasteiger partial charge is 0.445 e. The monoisotopic (exact) mass is 1160 g/mol. The van der Waals surface area contributed by atoms with E-state index in [-0.39, 0.29) is 126 Å². The van der Waals surface area contributed by atoms with E-state index in [2.05, 4.69) is 37.0 Å². The first-order valence-corrected chi connectivity index (χ1v) is 27.8. The highest BCUT2D eigenvalue weighted by Crippen LogP contribution is 2.24. The number of likely N-dealkylation sites (tertiary alicyclic amines) is 2. The van der Waals surface area contributed by atoms with Crippen LogP contribution in [0.4, 0.5) is 31.4 Å². The third-order valence-electron chi connectivity index (χ3n) is 13.7. The molecule has 2 fully saturated rings. The Balaban J connectivity index is 0.867. The van der Waals surface area contributed by atoms with E-state index >= 15 is 0 Å². The standard InChI is InChI=1S/C57H74ClN11O13/c1-37(2)51(66-49(71)19-24-79-26-28-81-29-27-80-25-23-68-50(72)30-38(3)54(68)75)48(70)32-42(9-7-20-60-55(59)76)53(74)63-43-15-13-40(14-16-43)36-82-57(78)67-21-17-39(18-22-67)33-61-52(73)41-8-6-10-45(31-41)69-35-44(34-62-69)64-56(77)65-47-12-5-4-11-46(47)58/h4-6,8,10-16,31,34-35,37-39,42,51H,7,9,17-30,32-33,36H2,1-3H3,(H,61,73)(H,63,74)(H,66,71)(H3,59,60,76)(H2,64,65,77)/t38?,42-,51+/m1/s1. The number of benzene rings is 3. The van der Waals surface area contributed by atoms with Crippen molar-refractivity contribution < 1.29 is 62.1 Å². The molecule has 0 aliphatic carbocycles. The van der Waals surface area contributed by atoms with Crippen molar-refractivity contribution in [1.82, 2.24) is 35.5 Å². The molecule has 0 spiro atoms. The van der Waals surface area contributed by atoms with Gasteiger partial charge in [-0.1, -0.05) is 62.7 Å². The van der Waals surface area contributed by atoms with E-state index in [9.17, 15) is 43.2 Å². The van der Waals surface area contributed by atoms with Crippen LogP contribution >= 0.6 is 11.6 Å². The van der Waals surface area contributed by atoms with Crippen molar-refractivity contribution in [3.8, 4) is 5.69 Å². The van der Waals surface area contributed by atoms with Gasteiger partial charge in [0.15, 0.2) is 5.78 Å². The lowest BCUT2D eigenvalue weighted by Gasteiger charge is -2.31. The first-order valence-electron chi connectivity index (χ1n) is 27.4. The van der Waals surface area contributed by atoms with Crippen LogP contribution in [0.3, 0.4) is 0 Å². The van der Waals surface area contributed by atoms with E-state index in [1.165, 1.54) is 11.1 Å². The number of amides is 10. The highest BCUT2D eigenvalue weighted by atomic mass is 35.5. The van der Waals surface area contributed by atoms with Gasteiger partial charge in [0, 0.05) is 68.5 Å². The zero-order chi connectivity index (χ0) is 59.0. The molecule has 6 rings (SSSR count). The molecule has 0 radical (unpaired) electrons. The van der Waals surface area contributed by atoms with Gasteiger partial charge in [-0.05, 0) is 85.5 Å². The fourth-order valence-corrected chi connectivity index (χ4v) is 9.24. The van der Waals surface area contributed by atoms with Gasteiger partial charge in [-0.15, -0.1) is 0 Å². The average Bonchev–Trinajstić information content (AvgIpc) is 4.18. The summed E-state index contributed by atoms with van der Waals surface area (Å²) in [5.41, 5.74) is 8.29. The number of ether oxygens (including phenoxy) is 4. The van der Waals surface area contributed by atoms with Crippen LogP contribution in [0.1, 0.15) is 81.6 Å².